The van der Waals surface area contributed by atoms with Crippen molar-refractivity contribution >= 4 is 9.28 Å². The highest BCUT2D eigenvalue weighted by Gasteiger charge is 2.43. The van der Waals surface area contributed by atoms with Gasteiger partial charge >= 0.3 is 9.28 Å². The van der Waals surface area contributed by atoms with Crippen molar-refractivity contribution in [2.24, 2.45) is 11.8 Å². The van der Waals surface area contributed by atoms with Crippen molar-refractivity contribution in [3.63, 3.8) is 0 Å². The lowest BCUT2D eigenvalue weighted by atomic mass is 9.72. The summed E-state index contributed by atoms with van der Waals surface area (Å²) in [5, 5.41) is 0. The van der Waals surface area contributed by atoms with E-state index in [4.69, 9.17) is 8.85 Å². The van der Waals surface area contributed by atoms with E-state index >= 15 is 0 Å². The summed E-state index contributed by atoms with van der Waals surface area (Å²) >= 11 is 0. The zero-order chi connectivity index (χ0) is 11.4. The first-order valence-electron chi connectivity index (χ1n) is 7.10. The maximum Gasteiger partial charge on any atom is 0.325 e. The molecule has 0 bridgehead atoms. The molecule has 0 spiro atoms. The van der Waals surface area contributed by atoms with Gasteiger partial charge in [-0.15, -0.1) is 0 Å². The molecule has 0 radical (unpaired) electrons. The molecule has 0 aromatic carbocycles. The SMILES string of the molecule is CCO[SiH](OCC)C(C1CCC1)C1CCC1. The Balaban J connectivity index is 1.95. The highest BCUT2D eigenvalue weighted by molar-refractivity contribution is 6.46. The molecule has 0 aliphatic heterocycles. The third kappa shape index (κ3) is 2.69. The van der Waals surface area contributed by atoms with E-state index in [0.717, 1.165) is 30.6 Å². The maximum absolute atomic E-state index is 5.97. The van der Waals surface area contributed by atoms with Crippen LogP contribution in [0, 0.1) is 11.8 Å². The van der Waals surface area contributed by atoms with Crippen LogP contribution in [0.4, 0.5) is 0 Å². The Bertz CT molecular complexity index is 182. The molecular formula is C13H26O2Si. The minimum Gasteiger partial charge on any atom is -0.397 e. The molecule has 2 fully saturated rings. The van der Waals surface area contributed by atoms with Crippen LogP contribution in [-0.4, -0.2) is 22.5 Å². The highest BCUT2D eigenvalue weighted by atomic mass is 28.3. The molecule has 2 aliphatic rings. The van der Waals surface area contributed by atoms with Gasteiger partial charge in [0.15, 0.2) is 0 Å². The number of rotatable bonds is 7. The predicted molar refractivity (Wildman–Crippen MR) is 68.8 cm³/mol. The molecule has 2 aliphatic carbocycles. The summed E-state index contributed by atoms with van der Waals surface area (Å²) in [6, 6.07) is 0. The Kier molecular flexibility index (Phi) is 4.86. The summed E-state index contributed by atoms with van der Waals surface area (Å²) in [4.78, 5) is 0. The van der Waals surface area contributed by atoms with Crippen molar-refractivity contribution in [1.29, 1.82) is 0 Å². The van der Waals surface area contributed by atoms with Gasteiger partial charge in [0.25, 0.3) is 0 Å². The van der Waals surface area contributed by atoms with Gasteiger partial charge in [0.2, 0.25) is 0 Å². The predicted octanol–water partition coefficient (Wildman–Crippen LogP) is 3.25. The third-order valence-electron chi connectivity index (χ3n) is 4.36. The summed E-state index contributed by atoms with van der Waals surface area (Å²) in [6.07, 6.45) is 8.62. The van der Waals surface area contributed by atoms with E-state index in [1.54, 1.807) is 0 Å². The summed E-state index contributed by atoms with van der Waals surface area (Å²) in [7, 11) is -1.40. The van der Waals surface area contributed by atoms with Gasteiger partial charge in [0.1, 0.15) is 0 Å². The lowest BCUT2D eigenvalue weighted by Gasteiger charge is -2.44. The van der Waals surface area contributed by atoms with Crippen LogP contribution in [0.1, 0.15) is 52.4 Å². The molecular weight excluding hydrogens is 216 g/mol. The smallest absolute Gasteiger partial charge is 0.325 e. The Morgan fingerprint density at radius 3 is 1.62 bits per heavy atom. The topological polar surface area (TPSA) is 18.5 Å². The number of hydrogen-bond donors (Lipinski definition) is 0. The van der Waals surface area contributed by atoms with Crippen LogP contribution in [0.3, 0.4) is 0 Å². The molecule has 0 atom stereocenters. The Morgan fingerprint density at radius 1 is 0.938 bits per heavy atom. The van der Waals surface area contributed by atoms with Gasteiger partial charge in [-0.2, -0.15) is 0 Å². The van der Waals surface area contributed by atoms with Gasteiger partial charge in [-0.1, -0.05) is 38.5 Å². The molecule has 94 valence electrons. The second kappa shape index (κ2) is 6.17. The van der Waals surface area contributed by atoms with Gasteiger partial charge in [0.05, 0.1) is 0 Å². The minimum atomic E-state index is -1.40. The molecule has 2 nitrogen and oxygen atoms in total. The molecule has 0 aromatic rings. The Labute approximate surface area is 102 Å². The van der Waals surface area contributed by atoms with Crippen LogP contribution in [0.25, 0.3) is 0 Å². The van der Waals surface area contributed by atoms with Crippen molar-refractivity contribution in [1.82, 2.24) is 0 Å². The van der Waals surface area contributed by atoms with Crippen molar-refractivity contribution in [2.75, 3.05) is 13.2 Å². The first-order valence-corrected chi connectivity index (χ1v) is 8.71. The highest BCUT2D eigenvalue weighted by Crippen LogP contribution is 2.49. The summed E-state index contributed by atoms with van der Waals surface area (Å²) < 4.78 is 11.9. The first-order chi connectivity index (χ1) is 7.86. The second-order valence-electron chi connectivity index (χ2n) is 5.24. The fraction of sp³-hybridized carbons (Fsp3) is 1.00. The van der Waals surface area contributed by atoms with Gasteiger partial charge in [-0.05, 0) is 25.7 Å². The van der Waals surface area contributed by atoms with Gasteiger partial charge in [0, 0.05) is 18.8 Å². The van der Waals surface area contributed by atoms with E-state index in [9.17, 15) is 0 Å². The molecule has 2 rings (SSSR count). The normalized spacial score (nSPS) is 22.5. The Hall–Kier alpha value is 0.137. The third-order valence-corrected chi connectivity index (χ3v) is 7.41. The Morgan fingerprint density at radius 2 is 1.38 bits per heavy atom. The average molecular weight is 242 g/mol. The van der Waals surface area contributed by atoms with Crippen LogP contribution in [0.2, 0.25) is 5.54 Å². The van der Waals surface area contributed by atoms with Gasteiger partial charge in [-0.25, -0.2) is 0 Å². The molecule has 0 heterocycles. The van der Waals surface area contributed by atoms with Crippen molar-refractivity contribution in [3.05, 3.63) is 0 Å². The van der Waals surface area contributed by atoms with Crippen LogP contribution >= 0.6 is 0 Å². The minimum absolute atomic E-state index is 0.822. The van der Waals surface area contributed by atoms with E-state index in [0.29, 0.717) is 0 Å². The average Bonchev–Trinajstić information content (AvgIpc) is 2.11. The lowest BCUT2D eigenvalue weighted by molar-refractivity contribution is 0.125. The van der Waals surface area contributed by atoms with E-state index in [1.165, 1.54) is 38.5 Å². The molecule has 0 saturated heterocycles. The van der Waals surface area contributed by atoms with Crippen LogP contribution in [-0.2, 0) is 8.85 Å². The van der Waals surface area contributed by atoms with E-state index in [1.807, 2.05) is 0 Å². The largest absolute Gasteiger partial charge is 0.397 e. The monoisotopic (exact) mass is 242 g/mol. The van der Waals surface area contributed by atoms with E-state index in [2.05, 4.69) is 13.8 Å². The standard InChI is InChI=1S/C13H26O2Si/c1-3-14-16(15-4-2)13(11-7-5-8-11)12-9-6-10-12/h11-13,16H,3-10H2,1-2H3. The summed E-state index contributed by atoms with van der Waals surface area (Å²) in [5.41, 5.74) is 0.822. The molecule has 16 heavy (non-hydrogen) atoms. The van der Waals surface area contributed by atoms with E-state index < -0.39 is 9.28 Å². The fourth-order valence-corrected chi connectivity index (χ4v) is 5.93. The molecule has 0 unspecified atom stereocenters. The molecule has 2 saturated carbocycles. The molecule has 0 amide bonds. The first kappa shape index (κ1) is 12.6. The summed E-state index contributed by atoms with van der Waals surface area (Å²) in [6.45, 7) is 5.90. The van der Waals surface area contributed by atoms with Crippen LogP contribution in [0.5, 0.6) is 0 Å². The zero-order valence-electron chi connectivity index (χ0n) is 10.8. The van der Waals surface area contributed by atoms with Crippen LogP contribution < -0.4 is 0 Å². The molecule has 3 heteroatoms. The van der Waals surface area contributed by atoms with Gasteiger partial charge in [-0.3, -0.25) is 0 Å². The van der Waals surface area contributed by atoms with Crippen molar-refractivity contribution in [3.8, 4) is 0 Å². The maximum atomic E-state index is 5.97. The number of hydrogen-bond acceptors (Lipinski definition) is 2. The van der Waals surface area contributed by atoms with Crippen molar-refractivity contribution in [2.45, 2.75) is 57.9 Å². The van der Waals surface area contributed by atoms with Gasteiger partial charge < -0.3 is 8.85 Å². The lowest BCUT2D eigenvalue weighted by Crippen LogP contribution is -2.41. The molecule has 0 N–H and O–H groups in total. The summed E-state index contributed by atoms with van der Waals surface area (Å²) in [5.74, 6) is 1.89. The van der Waals surface area contributed by atoms with Crippen LogP contribution in [0.15, 0.2) is 0 Å². The zero-order valence-corrected chi connectivity index (χ0v) is 11.9. The molecule has 0 aromatic heterocycles. The fourth-order valence-electron chi connectivity index (χ4n) is 3.08. The second-order valence-corrected chi connectivity index (χ2v) is 7.41. The quantitative estimate of drug-likeness (QED) is 0.638. The van der Waals surface area contributed by atoms with E-state index in [-0.39, 0.29) is 0 Å². The van der Waals surface area contributed by atoms with Crippen molar-refractivity contribution < 1.29 is 8.85 Å².